The molecule has 0 aliphatic carbocycles. The Hall–Kier alpha value is -1.10. The average Bonchev–Trinajstić information content (AvgIpc) is 2.41. The highest BCUT2D eigenvalue weighted by Gasteiger charge is 2.13. The van der Waals surface area contributed by atoms with E-state index < -0.39 is 0 Å². The van der Waals surface area contributed by atoms with Crippen molar-refractivity contribution < 1.29 is 9.13 Å². The van der Waals surface area contributed by atoms with Crippen molar-refractivity contribution in [3.8, 4) is 5.75 Å². The maximum absolute atomic E-state index is 13.2. The van der Waals surface area contributed by atoms with E-state index in [2.05, 4.69) is 15.9 Å². The van der Waals surface area contributed by atoms with E-state index in [9.17, 15) is 4.39 Å². The third-order valence-electron chi connectivity index (χ3n) is 2.62. The van der Waals surface area contributed by atoms with Crippen molar-refractivity contribution in [1.29, 1.82) is 0 Å². The first-order valence-corrected chi connectivity index (χ1v) is 6.84. The van der Waals surface area contributed by atoms with Gasteiger partial charge in [-0.1, -0.05) is 23.7 Å². The van der Waals surface area contributed by atoms with Gasteiger partial charge in [-0.15, -0.1) is 0 Å². The lowest BCUT2D eigenvalue weighted by molar-refractivity contribution is 0.212. The van der Waals surface area contributed by atoms with Crippen LogP contribution < -0.4 is 10.5 Å². The first kappa shape index (κ1) is 14.3. The van der Waals surface area contributed by atoms with Crippen molar-refractivity contribution in [1.82, 2.24) is 0 Å². The van der Waals surface area contributed by atoms with Crippen LogP contribution in [0.5, 0.6) is 5.75 Å². The molecule has 0 heterocycles. The first-order chi connectivity index (χ1) is 9.10. The van der Waals surface area contributed by atoms with E-state index >= 15 is 0 Å². The van der Waals surface area contributed by atoms with E-state index in [1.165, 1.54) is 12.1 Å². The minimum atomic E-state index is -0.356. The fraction of sp³-hybridized carbons (Fsp3) is 0.143. The molecule has 19 heavy (non-hydrogen) atoms. The molecule has 0 spiro atoms. The zero-order valence-electron chi connectivity index (χ0n) is 9.95. The summed E-state index contributed by atoms with van der Waals surface area (Å²) in [6.45, 7) is 0.282. The summed E-state index contributed by atoms with van der Waals surface area (Å²) in [4.78, 5) is 0. The summed E-state index contributed by atoms with van der Waals surface area (Å²) in [6.07, 6.45) is -0.352. The van der Waals surface area contributed by atoms with E-state index in [0.29, 0.717) is 15.2 Å². The quantitative estimate of drug-likeness (QED) is 0.896. The van der Waals surface area contributed by atoms with Crippen molar-refractivity contribution in [3.63, 3.8) is 0 Å². The van der Waals surface area contributed by atoms with Crippen molar-refractivity contribution in [2.75, 3.05) is 6.54 Å². The summed E-state index contributed by atoms with van der Waals surface area (Å²) in [5, 5.41) is 0.645. The molecule has 0 radical (unpaired) electrons. The minimum Gasteiger partial charge on any atom is -0.483 e. The Kier molecular flexibility index (Phi) is 4.80. The van der Waals surface area contributed by atoms with Gasteiger partial charge < -0.3 is 10.5 Å². The van der Waals surface area contributed by atoms with Crippen LogP contribution in [0.3, 0.4) is 0 Å². The molecule has 0 aliphatic heterocycles. The van der Waals surface area contributed by atoms with Crippen LogP contribution in [0.15, 0.2) is 46.9 Å². The summed E-state index contributed by atoms with van der Waals surface area (Å²) < 4.78 is 19.6. The Morgan fingerprint density at radius 1 is 1.21 bits per heavy atom. The predicted octanol–water partition coefficient (Wildman–Crippen LogP) is 4.32. The van der Waals surface area contributed by atoms with Gasteiger partial charge in [0, 0.05) is 17.6 Å². The molecule has 5 heteroatoms. The summed E-state index contributed by atoms with van der Waals surface area (Å²) in [6, 6.07) is 11.5. The molecule has 2 rings (SSSR count). The van der Waals surface area contributed by atoms with E-state index in [1.807, 2.05) is 12.1 Å². The second kappa shape index (κ2) is 6.37. The van der Waals surface area contributed by atoms with Gasteiger partial charge in [-0.05, 0) is 45.8 Å². The van der Waals surface area contributed by atoms with Crippen molar-refractivity contribution in [3.05, 3.63) is 63.3 Å². The van der Waals surface area contributed by atoms with Crippen molar-refractivity contribution >= 4 is 27.5 Å². The van der Waals surface area contributed by atoms with Gasteiger partial charge in [0.15, 0.2) is 0 Å². The average molecular weight is 345 g/mol. The number of rotatable bonds is 4. The van der Waals surface area contributed by atoms with Crippen LogP contribution in [0.25, 0.3) is 0 Å². The number of hydrogen-bond acceptors (Lipinski definition) is 2. The van der Waals surface area contributed by atoms with Crippen LogP contribution in [-0.4, -0.2) is 6.54 Å². The van der Waals surface area contributed by atoms with Crippen LogP contribution in [0.1, 0.15) is 11.7 Å². The second-order valence-electron chi connectivity index (χ2n) is 3.97. The molecular formula is C14H12BrClFNO. The van der Waals surface area contributed by atoms with Gasteiger partial charge in [0.2, 0.25) is 0 Å². The molecule has 0 amide bonds. The van der Waals surface area contributed by atoms with E-state index in [1.54, 1.807) is 18.2 Å². The molecule has 0 aromatic heterocycles. The number of hydrogen-bond donors (Lipinski definition) is 1. The topological polar surface area (TPSA) is 35.2 Å². The number of ether oxygens (including phenoxy) is 1. The summed E-state index contributed by atoms with van der Waals surface area (Å²) >= 11 is 9.16. The van der Waals surface area contributed by atoms with Gasteiger partial charge >= 0.3 is 0 Å². The molecule has 0 bridgehead atoms. The van der Waals surface area contributed by atoms with Crippen LogP contribution in [0.4, 0.5) is 4.39 Å². The van der Waals surface area contributed by atoms with Gasteiger partial charge in [0.25, 0.3) is 0 Å². The molecule has 1 unspecified atom stereocenters. The van der Waals surface area contributed by atoms with Crippen molar-refractivity contribution in [2.45, 2.75) is 6.10 Å². The highest BCUT2D eigenvalue weighted by Crippen LogP contribution is 2.30. The van der Waals surface area contributed by atoms with Crippen LogP contribution in [0, 0.1) is 5.82 Å². The molecule has 0 saturated heterocycles. The summed E-state index contributed by atoms with van der Waals surface area (Å²) in [5.41, 5.74) is 6.60. The Bertz CT molecular complexity index is 562. The molecule has 2 aromatic carbocycles. The Morgan fingerprint density at radius 3 is 2.53 bits per heavy atom. The molecule has 100 valence electrons. The van der Waals surface area contributed by atoms with E-state index in [-0.39, 0.29) is 18.5 Å². The van der Waals surface area contributed by atoms with Crippen LogP contribution in [-0.2, 0) is 0 Å². The Morgan fingerprint density at radius 2 is 1.89 bits per heavy atom. The Balaban J connectivity index is 2.23. The smallest absolute Gasteiger partial charge is 0.137 e. The first-order valence-electron chi connectivity index (χ1n) is 5.67. The van der Waals surface area contributed by atoms with Gasteiger partial charge in [-0.3, -0.25) is 0 Å². The Labute approximate surface area is 124 Å². The monoisotopic (exact) mass is 343 g/mol. The fourth-order valence-corrected chi connectivity index (χ4v) is 2.12. The maximum Gasteiger partial charge on any atom is 0.137 e. The molecule has 2 N–H and O–H groups in total. The predicted molar refractivity (Wildman–Crippen MR) is 78.0 cm³/mol. The van der Waals surface area contributed by atoms with Crippen molar-refractivity contribution in [2.24, 2.45) is 5.73 Å². The lowest BCUT2D eigenvalue weighted by Crippen LogP contribution is -2.18. The maximum atomic E-state index is 13.2. The number of nitrogens with two attached hydrogens (primary N) is 1. The second-order valence-corrected chi connectivity index (χ2v) is 5.26. The number of benzene rings is 2. The molecule has 0 aliphatic rings. The molecular weight excluding hydrogens is 333 g/mol. The third-order valence-corrected chi connectivity index (χ3v) is 3.53. The highest BCUT2D eigenvalue weighted by atomic mass is 79.9. The molecule has 1 atom stereocenters. The molecule has 2 nitrogen and oxygen atoms in total. The van der Waals surface area contributed by atoms with Gasteiger partial charge in [-0.25, -0.2) is 4.39 Å². The molecule has 0 fully saturated rings. The largest absolute Gasteiger partial charge is 0.483 e. The van der Waals surface area contributed by atoms with E-state index in [4.69, 9.17) is 22.1 Å². The summed E-state index contributed by atoms with van der Waals surface area (Å²) in [5.74, 6) is 0.0653. The standard InChI is InChI=1S/C14H12BrClFNO/c15-12-6-5-11(17)7-13(12)19-14(8-18)9-1-3-10(16)4-2-9/h1-7,14H,8,18H2. The minimum absolute atomic E-state index is 0.282. The lowest BCUT2D eigenvalue weighted by Gasteiger charge is -2.19. The normalized spacial score (nSPS) is 12.2. The number of halogens is 3. The van der Waals surface area contributed by atoms with Gasteiger partial charge in [0.1, 0.15) is 17.7 Å². The lowest BCUT2D eigenvalue weighted by atomic mass is 10.1. The third kappa shape index (κ3) is 3.69. The highest BCUT2D eigenvalue weighted by molar-refractivity contribution is 9.10. The van der Waals surface area contributed by atoms with Crippen LogP contribution >= 0.6 is 27.5 Å². The molecule has 0 saturated carbocycles. The fourth-order valence-electron chi connectivity index (χ4n) is 1.65. The zero-order chi connectivity index (χ0) is 13.8. The zero-order valence-corrected chi connectivity index (χ0v) is 12.3. The van der Waals surface area contributed by atoms with Gasteiger partial charge in [-0.2, -0.15) is 0 Å². The summed E-state index contributed by atoms with van der Waals surface area (Å²) in [7, 11) is 0. The molecule has 2 aromatic rings. The van der Waals surface area contributed by atoms with Gasteiger partial charge in [0.05, 0.1) is 4.47 Å². The van der Waals surface area contributed by atoms with Crippen LogP contribution in [0.2, 0.25) is 5.02 Å². The SMILES string of the molecule is NCC(Oc1cc(F)ccc1Br)c1ccc(Cl)cc1. The van der Waals surface area contributed by atoms with E-state index in [0.717, 1.165) is 5.56 Å².